The molecule has 2 aromatic heterocycles. The quantitative estimate of drug-likeness (QED) is 0.450. The zero-order valence-corrected chi connectivity index (χ0v) is 22.8. The average Bonchev–Trinajstić information content (AvgIpc) is 3.54. The van der Waals surface area contributed by atoms with Gasteiger partial charge in [-0.1, -0.05) is 0 Å². The molecule has 4 rings (SSSR count). The van der Waals surface area contributed by atoms with Crippen molar-refractivity contribution in [2.75, 3.05) is 37.9 Å². The minimum Gasteiger partial charge on any atom is -0.444 e. The third kappa shape index (κ3) is 8.80. The van der Waals surface area contributed by atoms with E-state index < -0.39 is 23.4 Å². The fourth-order valence-corrected chi connectivity index (χ4v) is 3.87. The Labute approximate surface area is 222 Å². The second-order valence-electron chi connectivity index (χ2n) is 11.2. The third-order valence-corrected chi connectivity index (χ3v) is 5.43. The molecule has 0 unspecified atom stereocenters. The van der Waals surface area contributed by atoms with Crippen molar-refractivity contribution in [3.63, 3.8) is 0 Å². The molecule has 0 aromatic carbocycles. The molecule has 0 radical (unpaired) electrons. The van der Waals surface area contributed by atoms with Crippen LogP contribution < -0.4 is 22.1 Å². The number of carbonyl (C=O) groups excluding carboxylic acids is 2. The number of nitrogen functional groups attached to an aromatic ring is 2. The van der Waals surface area contributed by atoms with Crippen molar-refractivity contribution in [1.29, 1.82) is 0 Å². The lowest BCUT2D eigenvalue weighted by molar-refractivity contribution is 0.0480. The highest BCUT2D eigenvalue weighted by molar-refractivity contribution is 5.68. The van der Waals surface area contributed by atoms with Crippen LogP contribution in [-0.2, 0) is 18.9 Å². The van der Waals surface area contributed by atoms with Gasteiger partial charge in [-0.2, -0.15) is 10.2 Å². The van der Waals surface area contributed by atoms with Gasteiger partial charge in [-0.25, -0.2) is 9.59 Å². The molecule has 6 N–H and O–H groups in total. The predicted octanol–water partition coefficient (Wildman–Crippen LogP) is 1.86. The molecule has 2 fully saturated rings. The van der Waals surface area contributed by atoms with Gasteiger partial charge in [-0.3, -0.25) is 9.36 Å². The van der Waals surface area contributed by atoms with Crippen molar-refractivity contribution >= 4 is 23.6 Å². The molecular weight excluding hydrogens is 496 g/mol. The first-order chi connectivity index (χ1) is 17.7. The Balaban J connectivity index is 0.000000211. The second kappa shape index (κ2) is 11.9. The molecule has 2 amide bonds. The standard InChI is InChI=1S/2C12H20N4O3/c2*1-12(2,3)19-11(17)15-9-6-18-7-10(9)16-5-8(13)4-14-16/h2*4-5,9-10H,6-7,13H2,1-3H3,(H,15,17)/t2*9-,10+/m10/s1. The summed E-state index contributed by atoms with van der Waals surface area (Å²) in [5.74, 6) is 0. The van der Waals surface area contributed by atoms with Crippen LogP contribution in [0.25, 0.3) is 0 Å². The Hall–Kier alpha value is -3.52. The predicted molar refractivity (Wildman–Crippen MR) is 139 cm³/mol. The summed E-state index contributed by atoms with van der Waals surface area (Å²) in [5, 5.41) is 13.9. The van der Waals surface area contributed by atoms with Gasteiger partial charge in [0, 0.05) is 12.4 Å². The van der Waals surface area contributed by atoms with Crippen molar-refractivity contribution in [3.8, 4) is 0 Å². The van der Waals surface area contributed by atoms with Crippen LogP contribution in [0.5, 0.6) is 0 Å². The number of amides is 2. The summed E-state index contributed by atoms with van der Waals surface area (Å²) < 4.78 is 24.7. The van der Waals surface area contributed by atoms with Gasteiger partial charge < -0.3 is 41.0 Å². The van der Waals surface area contributed by atoms with E-state index in [4.69, 9.17) is 30.4 Å². The van der Waals surface area contributed by atoms with E-state index in [2.05, 4.69) is 20.8 Å². The van der Waals surface area contributed by atoms with E-state index in [-0.39, 0.29) is 24.2 Å². The van der Waals surface area contributed by atoms with Crippen molar-refractivity contribution in [2.24, 2.45) is 0 Å². The summed E-state index contributed by atoms with van der Waals surface area (Å²) in [6, 6.07) is -0.474. The van der Waals surface area contributed by atoms with Crippen LogP contribution in [0.15, 0.2) is 24.8 Å². The number of anilines is 2. The molecule has 0 saturated carbocycles. The van der Waals surface area contributed by atoms with Crippen LogP contribution in [0.3, 0.4) is 0 Å². The number of aromatic nitrogens is 4. The maximum atomic E-state index is 11.8. The lowest BCUT2D eigenvalue weighted by atomic mass is 10.2. The summed E-state index contributed by atoms with van der Waals surface area (Å²) in [7, 11) is 0. The molecule has 2 aromatic rings. The number of carbonyl (C=O) groups is 2. The zero-order chi connectivity index (χ0) is 28.1. The molecule has 4 atom stereocenters. The highest BCUT2D eigenvalue weighted by atomic mass is 16.6. The first-order valence-electron chi connectivity index (χ1n) is 12.4. The molecule has 4 heterocycles. The monoisotopic (exact) mass is 536 g/mol. The van der Waals surface area contributed by atoms with Crippen molar-refractivity contribution < 1.29 is 28.5 Å². The topological polar surface area (TPSA) is 183 Å². The van der Waals surface area contributed by atoms with E-state index in [1.807, 2.05) is 41.5 Å². The summed E-state index contributed by atoms with van der Waals surface area (Å²) in [4.78, 5) is 23.5. The molecule has 0 bridgehead atoms. The van der Waals surface area contributed by atoms with Crippen molar-refractivity contribution in [3.05, 3.63) is 24.8 Å². The van der Waals surface area contributed by atoms with Gasteiger partial charge in [0.05, 0.1) is 74.4 Å². The number of nitrogens with zero attached hydrogens (tertiary/aromatic N) is 4. The first-order valence-corrected chi connectivity index (χ1v) is 12.4. The number of rotatable bonds is 4. The van der Waals surface area contributed by atoms with Gasteiger partial charge in [0.15, 0.2) is 0 Å². The van der Waals surface area contributed by atoms with Crippen LogP contribution >= 0.6 is 0 Å². The van der Waals surface area contributed by atoms with E-state index in [1.165, 1.54) is 0 Å². The fraction of sp³-hybridized carbons (Fsp3) is 0.667. The molecule has 212 valence electrons. The molecule has 14 nitrogen and oxygen atoms in total. The smallest absolute Gasteiger partial charge is 0.408 e. The third-order valence-electron chi connectivity index (χ3n) is 5.43. The first kappa shape index (κ1) is 29.0. The summed E-state index contributed by atoms with van der Waals surface area (Å²) in [6.45, 7) is 12.8. The van der Waals surface area contributed by atoms with Gasteiger partial charge in [0.25, 0.3) is 0 Å². The molecule has 2 aliphatic rings. The van der Waals surface area contributed by atoms with Crippen LogP contribution in [0, 0.1) is 0 Å². The SMILES string of the molecule is CC(C)(C)OC(=O)N[C@@H]1COC[C@@H]1n1cc(N)cn1.CC(C)(C)OC(=O)N[C@H]1COC[C@H]1n1cc(N)cn1. The van der Waals surface area contributed by atoms with Crippen LogP contribution in [-0.4, -0.2) is 81.5 Å². The van der Waals surface area contributed by atoms with Gasteiger partial charge in [-0.05, 0) is 41.5 Å². The Bertz CT molecular complexity index is 988. The van der Waals surface area contributed by atoms with E-state index in [0.29, 0.717) is 37.8 Å². The number of ether oxygens (including phenoxy) is 4. The Morgan fingerprint density at radius 3 is 1.45 bits per heavy atom. The average molecular weight is 537 g/mol. The van der Waals surface area contributed by atoms with Crippen molar-refractivity contribution in [1.82, 2.24) is 30.2 Å². The fourth-order valence-electron chi connectivity index (χ4n) is 3.87. The Kier molecular flexibility index (Phi) is 9.09. The van der Waals surface area contributed by atoms with E-state index in [9.17, 15) is 9.59 Å². The largest absolute Gasteiger partial charge is 0.444 e. The number of nitrogens with two attached hydrogens (primary N) is 2. The maximum absolute atomic E-state index is 11.8. The molecule has 2 aliphatic heterocycles. The van der Waals surface area contributed by atoms with Crippen LogP contribution in [0.2, 0.25) is 0 Å². The Morgan fingerprint density at radius 1 is 0.789 bits per heavy atom. The summed E-state index contributed by atoms with van der Waals surface area (Å²) in [6.07, 6.45) is 5.69. The molecule has 2 saturated heterocycles. The molecule has 38 heavy (non-hydrogen) atoms. The molecule has 14 heteroatoms. The van der Waals surface area contributed by atoms with Gasteiger partial charge in [0.1, 0.15) is 11.2 Å². The minimum absolute atomic E-state index is 0.0650. The highest BCUT2D eigenvalue weighted by Crippen LogP contribution is 2.22. The molecule has 0 spiro atoms. The van der Waals surface area contributed by atoms with Crippen molar-refractivity contribution in [2.45, 2.75) is 76.9 Å². The Morgan fingerprint density at radius 2 is 1.16 bits per heavy atom. The second-order valence-corrected chi connectivity index (χ2v) is 11.2. The normalized spacial score (nSPS) is 23.3. The maximum Gasteiger partial charge on any atom is 0.408 e. The zero-order valence-electron chi connectivity index (χ0n) is 22.8. The van der Waals surface area contributed by atoms with Gasteiger partial charge >= 0.3 is 12.2 Å². The van der Waals surface area contributed by atoms with Crippen LogP contribution in [0.1, 0.15) is 53.6 Å². The molecule has 0 aliphatic carbocycles. The number of nitrogens with one attached hydrogen (secondary N) is 2. The lowest BCUT2D eigenvalue weighted by Crippen LogP contribution is -2.43. The van der Waals surface area contributed by atoms with E-state index >= 15 is 0 Å². The summed E-state index contributed by atoms with van der Waals surface area (Å²) >= 11 is 0. The van der Waals surface area contributed by atoms with E-state index in [0.717, 1.165) is 0 Å². The van der Waals surface area contributed by atoms with E-state index in [1.54, 1.807) is 34.2 Å². The highest BCUT2D eigenvalue weighted by Gasteiger charge is 2.34. The number of hydrogen-bond acceptors (Lipinski definition) is 10. The van der Waals surface area contributed by atoms with Crippen LogP contribution in [0.4, 0.5) is 21.0 Å². The lowest BCUT2D eigenvalue weighted by Gasteiger charge is -2.23. The number of hydrogen-bond donors (Lipinski definition) is 4. The minimum atomic E-state index is -0.519. The van der Waals surface area contributed by atoms with Gasteiger partial charge in [-0.15, -0.1) is 0 Å². The van der Waals surface area contributed by atoms with Gasteiger partial charge in [0.2, 0.25) is 0 Å². The summed E-state index contributed by atoms with van der Waals surface area (Å²) in [5.41, 5.74) is 11.4. The number of alkyl carbamates (subject to hydrolysis) is 2. The molecular formula is C24H40N8O6.